The summed E-state index contributed by atoms with van der Waals surface area (Å²) in [5, 5.41) is 6.70. The van der Waals surface area contributed by atoms with Crippen LogP contribution in [0.1, 0.15) is 56.8 Å². The molecular weight excluding hydrogens is 338 g/mol. The summed E-state index contributed by atoms with van der Waals surface area (Å²) in [5.74, 6) is 0.837. The van der Waals surface area contributed by atoms with Crippen molar-refractivity contribution in [1.82, 2.24) is 20.0 Å². The number of hydrogen-bond donors (Lipinski definition) is 2. The molecule has 1 aliphatic rings. The van der Waals surface area contributed by atoms with Gasteiger partial charge in [-0.1, -0.05) is 25.3 Å². The third-order valence-corrected chi connectivity index (χ3v) is 5.01. The van der Waals surface area contributed by atoms with Crippen molar-refractivity contribution in [2.45, 2.75) is 65.0 Å². The van der Waals surface area contributed by atoms with E-state index in [4.69, 9.17) is 4.74 Å². The van der Waals surface area contributed by atoms with Gasteiger partial charge < -0.3 is 19.8 Å². The minimum atomic E-state index is 0.485. The molecule has 27 heavy (non-hydrogen) atoms. The second-order valence-electron chi connectivity index (χ2n) is 7.23. The molecule has 3 rings (SSSR count). The fourth-order valence-corrected chi connectivity index (χ4v) is 3.54. The first-order valence-electron chi connectivity index (χ1n) is 10.3. The van der Waals surface area contributed by atoms with Crippen LogP contribution in [0.15, 0.2) is 29.4 Å². The predicted octanol–water partition coefficient (Wildman–Crippen LogP) is 3.44. The zero-order valence-electron chi connectivity index (χ0n) is 16.7. The monoisotopic (exact) mass is 371 g/mol. The average molecular weight is 372 g/mol. The fourth-order valence-electron chi connectivity index (χ4n) is 3.54. The molecule has 6 nitrogen and oxygen atoms in total. The summed E-state index contributed by atoms with van der Waals surface area (Å²) in [7, 11) is 0. The van der Waals surface area contributed by atoms with E-state index in [9.17, 15) is 0 Å². The summed E-state index contributed by atoms with van der Waals surface area (Å²) in [6.07, 6.45) is 10.0. The zero-order valence-corrected chi connectivity index (χ0v) is 16.7. The van der Waals surface area contributed by atoms with Gasteiger partial charge in [0.2, 0.25) is 0 Å². The Kier molecular flexibility index (Phi) is 7.51. The first-order valence-corrected chi connectivity index (χ1v) is 10.3. The highest BCUT2D eigenvalue weighted by molar-refractivity contribution is 5.79. The van der Waals surface area contributed by atoms with E-state index in [1.807, 2.05) is 12.1 Å². The number of hydrogen-bond acceptors (Lipinski definition) is 3. The van der Waals surface area contributed by atoms with E-state index in [1.54, 1.807) is 0 Å². The first kappa shape index (κ1) is 19.7. The summed E-state index contributed by atoms with van der Waals surface area (Å²) >= 11 is 0. The molecule has 1 fully saturated rings. The lowest BCUT2D eigenvalue weighted by atomic mass is 9.98. The van der Waals surface area contributed by atoms with Crippen LogP contribution >= 0.6 is 0 Å². The van der Waals surface area contributed by atoms with E-state index >= 15 is 0 Å². The van der Waals surface area contributed by atoms with Gasteiger partial charge in [0.15, 0.2) is 5.96 Å². The molecule has 0 amide bonds. The molecule has 2 aromatic rings. The summed E-state index contributed by atoms with van der Waals surface area (Å²) in [5.41, 5.74) is 3.12. The average Bonchev–Trinajstić information content (AvgIpc) is 3.11. The number of guanidine groups is 1. The van der Waals surface area contributed by atoms with Crippen molar-refractivity contribution in [1.29, 1.82) is 0 Å². The number of pyridine rings is 1. The van der Waals surface area contributed by atoms with E-state index in [2.05, 4.69) is 51.1 Å². The van der Waals surface area contributed by atoms with Crippen molar-refractivity contribution in [2.75, 3.05) is 19.7 Å². The Balaban J connectivity index is 1.44. The highest BCUT2D eigenvalue weighted by atomic mass is 16.5. The van der Waals surface area contributed by atoms with Gasteiger partial charge in [0.1, 0.15) is 5.65 Å². The van der Waals surface area contributed by atoms with Gasteiger partial charge in [-0.15, -0.1) is 0 Å². The Bertz CT molecular complexity index is 733. The Hall–Kier alpha value is -2.08. The van der Waals surface area contributed by atoms with E-state index in [0.717, 1.165) is 43.4 Å². The lowest BCUT2D eigenvalue weighted by Gasteiger charge is -2.22. The maximum atomic E-state index is 5.99. The molecular formula is C21H33N5O. The molecule has 2 aromatic heterocycles. The summed E-state index contributed by atoms with van der Waals surface area (Å²) in [4.78, 5) is 9.32. The lowest BCUT2D eigenvalue weighted by molar-refractivity contribution is 0.0277. The summed E-state index contributed by atoms with van der Waals surface area (Å²) in [6, 6.07) is 6.14. The largest absolute Gasteiger partial charge is 0.378 e. The van der Waals surface area contributed by atoms with Gasteiger partial charge in [0.05, 0.1) is 18.3 Å². The van der Waals surface area contributed by atoms with E-state index in [-0.39, 0.29) is 0 Å². The topological polar surface area (TPSA) is 63.0 Å². The minimum absolute atomic E-state index is 0.485. The Morgan fingerprint density at radius 2 is 2.11 bits per heavy atom. The third-order valence-electron chi connectivity index (χ3n) is 5.01. The molecule has 6 heteroatoms. The fraction of sp³-hybridized carbons (Fsp3) is 0.619. The molecule has 0 aliphatic heterocycles. The van der Waals surface area contributed by atoms with Gasteiger partial charge in [-0.25, -0.2) is 9.98 Å². The molecule has 0 atom stereocenters. The molecule has 0 aromatic carbocycles. The molecule has 0 unspecified atom stereocenters. The SMILES string of the molecule is CCNC(=NCc1cn2c(C)cccc2n1)NCCCOC1CCCCC1. The third kappa shape index (κ3) is 5.96. The molecule has 1 saturated carbocycles. The van der Waals surface area contributed by atoms with Crippen LogP contribution in [-0.4, -0.2) is 41.1 Å². The quantitative estimate of drug-likeness (QED) is 0.424. The Morgan fingerprint density at radius 1 is 1.26 bits per heavy atom. The van der Waals surface area contributed by atoms with Crippen LogP contribution in [0.5, 0.6) is 0 Å². The molecule has 148 valence electrons. The lowest BCUT2D eigenvalue weighted by Crippen LogP contribution is -2.38. The van der Waals surface area contributed by atoms with Crippen molar-refractivity contribution >= 4 is 11.6 Å². The van der Waals surface area contributed by atoms with Crippen LogP contribution in [0, 0.1) is 6.92 Å². The number of aliphatic imine (C=N–C) groups is 1. The first-order chi connectivity index (χ1) is 13.3. The summed E-state index contributed by atoms with van der Waals surface area (Å²) in [6.45, 7) is 7.26. The normalized spacial score (nSPS) is 16.0. The van der Waals surface area contributed by atoms with Gasteiger partial charge in [0.25, 0.3) is 0 Å². The van der Waals surface area contributed by atoms with Crippen LogP contribution in [0.3, 0.4) is 0 Å². The second-order valence-corrected chi connectivity index (χ2v) is 7.23. The van der Waals surface area contributed by atoms with Gasteiger partial charge in [-0.05, 0) is 45.2 Å². The Morgan fingerprint density at radius 3 is 2.89 bits per heavy atom. The molecule has 0 spiro atoms. The number of rotatable bonds is 8. The van der Waals surface area contributed by atoms with Crippen molar-refractivity contribution < 1.29 is 4.74 Å². The number of aromatic nitrogens is 2. The van der Waals surface area contributed by atoms with E-state index in [1.165, 1.54) is 37.8 Å². The van der Waals surface area contributed by atoms with E-state index < -0.39 is 0 Å². The maximum Gasteiger partial charge on any atom is 0.191 e. The van der Waals surface area contributed by atoms with Crippen LogP contribution in [0.2, 0.25) is 0 Å². The van der Waals surface area contributed by atoms with Gasteiger partial charge in [0, 0.05) is 31.6 Å². The number of fused-ring (bicyclic) bond motifs is 1. The predicted molar refractivity (Wildman–Crippen MR) is 110 cm³/mol. The highest BCUT2D eigenvalue weighted by Crippen LogP contribution is 2.20. The molecule has 2 N–H and O–H groups in total. The number of ether oxygens (including phenoxy) is 1. The Labute approximate surface area is 162 Å². The standard InChI is InChI=1S/C21H33N5O/c1-3-22-21(23-13-8-14-27-19-10-5-4-6-11-19)24-15-18-16-26-17(2)9-7-12-20(26)25-18/h7,9,12,16,19H,3-6,8,10-11,13-15H2,1-2H3,(H2,22,23,24). The van der Waals surface area contributed by atoms with Crippen LogP contribution in [0.4, 0.5) is 0 Å². The van der Waals surface area contributed by atoms with Crippen LogP contribution < -0.4 is 10.6 Å². The molecule has 0 saturated heterocycles. The zero-order chi connectivity index (χ0) is 18.9. The van der Waals surface area contributed by atoms with Crippen molar-refractivity contribution in [2.24, 2.45) is 4.99 Å². The van der Waals surface area contributed by atoms with Gasteiger partial charge in [-0.2, -0.15) is 0 Å². The number of aryl methyl sites for hydroxylation is 1. The van der Waals surface area contributed by atoms with Gasteiger partial charge in [-0.3, -0.25) is 0 Å². The van der Waals surface area contributed by atoms with E-state index in [0.29, 0.717) is 12.6 Å². The maximum absolute atomic E-state index is 5.99. The van der Waals surface area contributed by atoms with Crippen molar-refractivity contribution in [3.05, 3.63) is 35.8 Å². The van der Waals surface area contributed by atoms with Crippen molar-refractivity contribution in [3.8, 4) is 0 Å². The van der Waals surface area contributed by atoms with Crippen LogP contribution in [-0.2, 0) is 11.3 Å². The molecule has 0 bridgehead atoms. The highest BCUT2D eigenvalue weighted by Gasteiger charge is 2.13. The smallest absolute Gasteiger partial charge is 0.191 e. The molecule has 0 radical (unpaired) electrons. The number of imidazole rings is 1. The van der Waals surface area contributed by atoms with Crippen molar-refractivity contribution in [3.63, 3.8) is 0 Å². The number of nitrogens with one attached hydrogen (secondary N) is 2. The molecule has 2 heterocycles. The van der Waals surface area contributed by atoms with Gasteiger partial charge >= 0.3 is 0 Å². The van der Waals surface area contributed by atoms with Crippen LogP contribution in [0.25, 0.3) is 5.65 Å². The molecule has 1 aliphatic carbocycles. The second kappa shape index (κ2) is 10.3. The summed E-state index contributed by atoms with van der Waals surface area (Å²) < 4.78 is 8.09. The minimum Gasteiger partial charge on any atom is -0.378 e. The number of nitrogens with zero attached hydrogens (tertiary/aromatic N) is 3.